The first kappa shape index (κ1) is 15.3. The molecule has 1 N–H and O–H groups in total. The second-order valence-electron chi connectivity index (χ2n) is 5.07. The Labute approximate surface area is 138 Å². The fraction of sp³-hybridized carbons (Fsp3) is 0.176. The normalized spacial score (nSPS) is 10.5. The van der Waals surface area contributed by atoms with Crippen LogP contribution in [0.25, 0.3) is 0 Å². The molecule has 0 radical (unpaired) electrons. The molecule has 5 nitrogen and oxygen atoms in total. The van der Waals surface area contributed by atoms with Crippen LogP contribution in [0, 0.1) is 6.92 Å². The molecule has 3 rings (SSSR count). The van der Waals surface area contributed by atoms with Crippen LogP contribution in [0.3, 0.4) is 0 Å². The number of benzene rings is 1. The van der Waals surface area contributed by atoms with E-state index in [1.165, 1.54) is 11.3 Å². The summed E-state index contributed by atoms with van der Waals surface area (Å²) in [5.41, 5.74) is 1.76. The maximum atomic E-state index is 12.3. The van der Waals surface area contributed by atoms with Gasteiger partial charge >= 0.3 is 0 Å². The summed E-state index contributed by atoms with van der Waals surface area (Å²) in [6.07, 6.45) is 1.59. The molecule has 0 bridgehead atoms. The Morgan fingerprint density at radius 2 is 2.04 bits per heavy atom. The van der Waals surface area contributed by atoms with Crippen LogP contribution in [0.2, 0.25) is 0 Å². The van der Waals surface area contributed by atoms with E-state index in [0.29, 0.717) is 11.4 Å². The predicted molar refractivity (Wildman–Crippen MR) is 91.2 cm³/mol. The molecule has 3 aromatic rings. The molecule has 0 aliphatic heterocycles. The summed E-state index contributed by atoms with van der Waals surface area (Å²) in [5.74, 6) is 0.589. The standard InChI is InChI=1S/C17H17N3O2S/c1-12-15(16(21)18-11-14-9-6-10-22-14)23-17(19-12)20(2)13-7-4-3-5-8-13/h3-10H,11H2,1-2H3,(H,18,21). The average molecular weight is 327 g/mol. The number of carbonyl (C=O) groups excluding carboxylic acids is 1. The van der Waals surface area contributed by atoms with Gasteiger partial charge in [0.05, 0.1) is 18.5 Å². The molecule has 6 heteroatoms. The summed E-state index contributed by atoms with van der Waals surface area (Å²) in [5, 5.41) is 3.64. The Hall–Kier alpha value is -2.60. The molecule has 118 valence electrons. The minimum Gasteiger partial charge on any atom is -0.467 e. The van der Waals surface area contributed by atoms with E-state index in [0.717, 1.165) is 22.3 Å². The van der Waals surface area contributed by atoms with Crippen molar-refractivity contribution in [2.45, 2.75) is 13.5 Å². The van der Waals surface area contributed by atoms with Crippen molar-refractivity contribution in [1.82, 2.24) is 10.3 Å². The van der Waals surface area contributed by atoms with E-state index in [2.05, 4.69) is 10.3 Å². The lowest BCUT2D eigenvalue weighted by molar-refractivity contribution is 0.0951. The number of para-hydroxylation sites is 1. The number of thiazole rings is 1. The summed E-state index contributed by atoms with van der Waals surface area (Å²) in [6.45, 7) is 2.22. The van der Waals surface area contributed by atoms with Crippen LogP contribution in [-0.4, -0.2) is 17.9 Å². The molecule has 0 fully saturated rings. The van der Waals surface area contributed by atoms with E-state index < -0.39 is 0 Å². The fourth-order valence-electron chi connectivity index (χ4n) is 2.16. The van der Waals surface area contributed by atoms with E-state index in [1.807, 2.05) is 55.3 Å². The van der Waals surface area contributed by atoms with Crippen LogP contribution in [0.1, 0.15) is 21.1 Å². The average Bonchev–Trinajstić information content (AvgIpc) is 3.22. The van der Waals surface area contributed by atoms with Crippen molar-refractivity contribution in [3.8, 4) is 0 Å². The molecule has 0 spiro atoms. The number of rotatable bonds is 5. The van der Waals surface area contributed by atoms with Crippen LogP contribution >= 0.6 is 11.3 Å². The minimum absolute atomic E-state index is 0.135. The molecule has 1 amide bonds. The number of aromatic nitrogens is 1. The van der Waals surface area contributed by atoms with Crippen LogP contribution in [-0.2, 0) is 6.54 Å². The number of nitrogens with one attached hydrogen (secondary N) is 1. The third-order valence-corrected chi connectivity index (χ3v) is 4.66. The molecular formula is C17H17N3O2S. The summed E-state index contributed by atoms with van der Waals surface area (Å²) in [7, 11) is 1.94. The van der Waals surface area contributed by atoms with E-state index >= 15 is 0 Å². The smallest absolute Gasteiger partial charge is 0.263 e. The van der Waals surface area contributed by atoms with Gasteiger partial charge in [-0.05, 0) is 31.2 Å². The van der Waals surface area contributed by atoms with E-state index in [-0.39, 0.29) is 5.91 Å². The van der Waals surface area contributed by atoms with E-state index in [1.54, 1.807) is 12.3 Å². The van der Waals surface area contributed by atoms with Crippen molar-refractivity contribution in [3.05, 3.63) is 65.1 Å². The quantitative estimate of drug-likeness (QED) is 0.775. The van der Waals surface area contributed by atoms with Gasteiger partial charge in [0.1, 0.15) is 10.6 Å². The van der Waals surface area contributed by atoms with Crippen LogP contribution in [0.5, 0.6) is 0 Å². The number of hydrogen-bond acceptors (Lipinski definition) is 5. The van der Waals surface area contributed by atoms with Crippen LogP contribution in [0.15, 0.2) is 53.1 Å². The number of nitrogens with zero attached hydrogens (tertiary/aromatic N) is 2. The number of aryl methyl sites for hydroxylation is 1. The highest BCUT2D eigenvalue weighted by Crippen LogP contribution is 2.30. The van der Waals surface area contributed by atoms with Gasteiger partial charge in [-0.2, -0.15) is 0 Å². The zero-order chi connectivity index (χ0) is 16.2. The number of carbonyl (C=O) groups is 1. The molecule has 0 saturated carbocycles. The predicted octanol–water partition coefficient (Wildman–Crippen LogP) is 3.74. The third kappa shape index (κ3) is 3.43. The number of amides is 1. The Morgan fingerprint density at radius 1 is 1.26 bits per heavy atom. The Bertz CT molecular complexity index is 782. The first-order chi connectivity index (χ1) is 11.1. The molecular weight excluding hydrogens is 310 g/mol. The number of furan rings is 1. The maximum absolute atomic E-state index is 12.3. The molecule has 23 heavy (non-hydrogen) atoms. The second-order valence-corrected chi connectivity index (χ2v) is 6.05. The van der Waals surface area contributed by atoms with Gasteiger partial charge in [0, 0.05) is 12.7 Å². The zero-order valence-corrected chi connectivity index (χ0v) is 13.8. The number of anilines is 2. The van der Waals surface area contributed by atoms with Crippen molar-refractivity contribution in [1.29, 1.82) is 0 Å². The SMILES string of the molecule is Cc1nc(N(C)c2ccccc2)sc1C(=O)NCc1ccco1. The van der Waals surface area contributed by atoms with Crippen molar-refractivity contribution in [3.63, 3.8) is 0 Å². The van der Waals surface area contributed by atoms with E-state index in [9.17, 15) is 4.79 Å². The van der Waals surface area contributed by atoms with Gasteiger partial charge in [-0.3, -0.25) is 4.79 Å². The lowest BCUT2D eigenvalue weighted by atomic mass is 10.3. The van der Waals surface area contributed by atoms with Crippen molar-refractivity contribution < 1.29 is 9.21 Å². The van der Waals surface area contributed by atoms with Crippen molar-refractivity contribution in [2.24, 2.45) is 0 Å². The fourth-order valence-corrected chi connectivity index (χ4v) is 3.12. The Morgan fingerprint density at radius 3 is 2.74 bits per heavy atom. The summed E-state index contributed by atoms with van der Waals surface area (Å²) in [4.78, 5) is 19.4. The Balaban J connectivity index is 1.74. The van der Waals surface area contributed by atoms with Gasteiger partial charge in [-0.25, -0.2) is 4.98 Å². The highest BCUT2D eigenvalue weighted by atomic mass is 32.1. The first-order valence-electron chi connectivity index (χ1n) is 7.22. The molecule has 0 aliphatic rings. The summed E-state index contributed by atoms with van der Waals surface area (Å²) in [6, 6.07) is 13.6. The lowest BCUT2D eigenvalue weighted by Gasteiger charge is -2.15. The van der Waals surface area contributed by atoms with E-state index in [4.69, 9.17) is 4.42 Å². The molecule has 1 aromatic carbocycles. The largest absolute Gasteiger partial charge is 0.467 e. The maximum Gasteiger partial charge on any atom is 0.263 e. The minimum atomic E-state index is -0.135. The Kier molecular flexibility index (Phi) is 4.43. The second kappa shape index (κ2) is 6.66. The summed E-state index contributed by atoms with van der Waals surface area (Å²) >= 11 is 1.38. The highest BCUT2D eigenvalue weighted by molar-refractivity contribution is 7.17. The van der Waals surface area contributed by atoms with Crippen LogP contribution in [0.4, 0.5) is 10.8 Å². The monoisotopic (exact) mass is 327 g/mol. The van der Waals surface area contributed by atoms with Gasteiger partial charge in [0.2, 0.25) is 0 Å². The highest BCUT2D eigenvalue weighted by Gasteiger charge is 2.18. The topological polar surface area (TPSA) is 58.4 Å². The molecule has 0 aliphatic carbocycles. The third-order valence-electron chi connectivity index (χ3n) is 3.43. The van der Waals surface area contributed by atoms with Gasteiger partial charge in [-0.15, -0.1) is 0 Å². The molecule has 0 saturated heterocycles. The molecule has 0 unspecified atom stereocenters. The van der Waals surface area contributed by atoms with Gasteiger partial charge in [0.25, 0.3) is 5.91 Å². The van der Waals surface area contributed by atoms with Crippen molar-refractivity contribution >= 4 is 28.1 Å². The van der Waals surface area contributed by atoms with Gasteiger partial charge < -0.3 is 14.6 Å². The molecule has 2 heterocycles. The molecule has 0 atom stereocenters. The van der Waals surface area contributed by atoms with Crippen molar-refractivity contribution in [2.75, 3.05) is 11.9 Å². The van der Waals surface area contributed by atoms with Gasteiger partial charge in [-0.1, -0.05) is 29.5 Å². The zero-order valence-electron chi connectivity index (χ0n) is 12.9. The van der Waals surface area contributed by atoms with Gasteiger partial charge in [0.15, 0.2) is 5.13 Å². The summed E-state index contributed by atoms with van der Waals surface area (Å²) < 4.78 is 5.22. The number of hydrogen-bond donors (Lipinski definition) is 1. The first-order valence-corrected chi connectivity index (χ1v) is 8.03. The molecule has 2 aromatic heterocycles. The lowest BCUT2D eigenvalue weighted by Crippen LogP contribution is -2.22. The van der Waals surface area contributed by atoms with Crippen LogP contribution < -0.4 is 10.2 Å².